The Morgan fingerprint density at radius 3 is 2.58 bits per heavy atom. The minimum atomic E-state index is -0.907. The second-order valence-corrected chi connectivity index (χ2v) is 10.1. The summed E-state index contributed by atoms with van der Waals surface area (Å²) in [5.41, 5.74) is 1.59. The van der Waals surface area contributed by atoms with Gasteiger partial charge in [-0.2, -0.15) is 0 Å². The molecule has 1 aromatic carbocycles. The van der Waals surface area contributed by atoms with Gasteiger partial charge in [0.15, 0.2) is 11.5 Å². The molecule has 9 heteroatoms. The summed E-state index contributed by atoms with van der Waals surface area (Å²) in [6.45, 7) is 6.73. The second-order valence-electron chi connectivity index (χ2n) is 9.07. The molecule has 0 spiro atoms. The monoisotopic (exact) mass is 568 g/mol. The highest BCUT2D eigenvalue weighted by Gasteiger charge is 2.30. The van der Waals surface area contributed by atoms with Crippen LogP contribution in [0.5, 0.6) is 0 Å². The van der Waals surface area contributed by atoms with Gasteiger partial charge in [0.05, 0.1) is 16.6 Å². The Kier molecular flexibility index (Phi) is 8.66. The summed E-state index contributed by atoms with van der Waals surface area (Å²) in [4.78, 5) is 11.5. The van der Waals surface area contributed by atoms with E-state index < -0.39 is 17.5 Å². The fourth-order valence-electron chi connectivity index (χ4n) is 3.39. The fraction of sp³-hybridized carbons (Fsp3) is 0.458. The maximum atomic E-state index is 11.5. The first kappa shape index (κ1) is 25.4. The van der Waals surface area contributed by atoms with Crippen molar-refractivity contribution >= 4 is 28.6 Å². The van der Waals surface area contributed by atoms with E-state index in [1.807, 2.05) is 51.1 Å². The Labute approximate surface area is 206 Å². The van der Waals surface area contributed by atoms with Crippen LogP contribution < -0.4 is 0 Å². The van der Waals surface area contributed by atoms with Gasteiger partial charge in [0.1, 0.15) is 17.5 Å². The standard InChI is InChI=1S/C24H29IN2O6/c1-24(2,3)23(30)18-13-17(26-32-18)21-20(25)22(33-27-21)16(12-19(28)29)10-7-11-31-14-15-8-5-4-6-9-15/h4-6,8-9,13,16,23,30H,7,10-12,14H2,1-3H3,(H,28,29)/t16-,23?/m0/s1. The SMILES string of the molecule is CC(C)(C)C(O)c1cc(-c2noc([C@@H](CCCOCc3ccccc3)CC(=O)O)c2I)no1. The lowest BCUT2D eigenvalue weighted by Crippen LogP contribution is -2.17. The van der Waals surface area contributed by atoms with E-state index in [1.54, 1.807) is 6.07 Å². The van der Waals surface area contributed by atoms with Crippen LogP contribution in [-0.4, -0.2) is 33.1 Å². The summed E-state index contributed by atoms with van der Waals surface area (Å²) in [6.07, 6.45) is 0.371. The number of aromatic nitrogens is 2. The van der Waals surface area contributed by atoms with Crippen molar-refractivity contribution in [3.63, 3.8) is 0 Å². The number of nitrogens with zero attached hydrogens (tertiary/aromatic N) is 2. The molecule has 0 aliphatic rings. The first-order valence-electron chi connectivity index (χ1n) is 10.8. The number of ether oxygens (including phenoxy) is 1. The zero-order valence-corrected chi connectivity index (χ0v) is 21.1. The lowest BCUT2D eigenvalue weighted by molar-refractivity contribution is -0.137. The van der Waals surface area contributed by atoms with Crippen molar-refractivity contribution in [1.29, 1.82) is 0 Å². The molecule has 0 bridgehead atoms. The number of halogens is 1. The molecule has 2 heterocycles. The molecule has 2 atom stereocenters. The molecule has 3 aromatic rings. The van der Waals surface area contributed by atoms with Crippen molar-refractivity contribution in [2.45, 2.75) is 58.7 Å². The molecule has 0 aliphatic heterocycles. The van der Waals surface area contributed by atoms with Crippen LogP contribution in [0.25, 0.3) is 11.4 Å². The zero-order chi connectivity index (χ0) is 24.0. The lowest BCUT2D eigenvalue weighted by atomic mass is 9.87. The number of rotatable bonds is 11. The number of aliphatic hydroxyl groups is 1. The van der Waals surface area contributed by atoms with Gasteiger partial charge in [0, 0.05) is 18.6 Å². The smallest absolute Gasteiger partial charge is 0.304 e. The molecule has 0 saturated carbocycles. The Bertz CT molecular complexity index is 1040. The molecular formula is C24H29IN2O6. The maximum absolute atomic E-state index is 11.5. The Morgan fingerprint density at radius 2 is 1.91 bits per heavy atom. The maximum Gasteiger partial charge on any atom is 0.304 e. The van der Waals surface area contributed by atoms with Crippen molar-refractivity contribution in [3.05, 3.63) is 57.1 Å². The van der Waals surface area contributed by atoms with Gasteiger partial charge in [0.25, 0.3) is 0 Å². The number of hydrogen-bond acceptors (Lipinski definition) is 7. The molecule has 178 valence electrons. The number of aliphatic carboxylic acids is 1. The van der Waals surface area contributed by atoms with E-state index in [0.29, 0.717) is 52.5 Å². The molecule has 0 fully saturated rings. The van der Waals surface area contributed by atoms with E-state index in [0.717, 1.165) is 5.56 Å². The third-order valence-corrected chi connectivity index (χ3v) is 6.31. The second kappa shape index (κ2) is 11.3. The van der Waals surface area contributed by atoms with Crippen LogP contribution in [-0.2, 0) is 16.1 Å². The fourth-order valence-corrected chi connectivity index (χ4v) is 4.31. The van der Waals surface area contributed by atoms with Gasteiger partial charge in [-0.15, -0.1) is 0 Å². The molecule has 8 nitrogen and oxygen atoms in total. The predicted octanol–water partition coefficient (Wildman–Crippen LogP) is 5.57. The highest BCUT2D eigenvalue weighted by Crippen LogP contribution is 2.37. The van der Waals surface area contributed by atoms with Gasteiger partial charge in [-0.25, -0.2) is 0 Å². The number of carboxylic acids is 1. The van der Waals surface area contributed by atoms with E-state index >= 15 is 0 Å². The van der Waals surface area contributed by atoms with Crippen LogP contribution >= 0.6 is 22.6 Å². The van der Waals surface area contributed by atoms with Crippen LogP contribution in [0.15, 0.2) is 45.4 Å². The summed E-state index contributed by atoms with van der Waals surface area (Å²) in [5, 5.41) is 28.0. The Hall–Kier alpha value is -2.24. The molecule has 2 aromatic heterocycles. The third kappa shape index (κ3) is 6.87. The normalized spacial score (nSPS) is 13.7. The van der Waals surface area contributed by atoms with E-state index in [2.05, 4.69) is 32.9 Å². The van der Waals surface area contributed by atoms with Crippen molar-refractivity contribution in [2.75, 3.05) is 6.61 Å². The van der Waals surface area contributed by atoms with Gasteiger partial charge < -0.3 is 24.0 Å². The van der Waals surface area contributed by atoms with E-state index in [-0.39, 0.29) is 12.3 Å². The average Bonchev–Trinajstić information content (AvgIpc) is 3.38. The first-order valence-corrected chi connectivity index (χ1v) is 11.9. The van der Waals surface area contributed by atoms with E-state index in [1.165, 1.54) is 0 Å². The van der Waals surface area contributed by atoms with Crippen molar-refractivity contribution in [1.82, 2.24) is 10.3 Å². The first-order chi connectivity index (χ1) is 15.7. The molecule has 0 radical (unpaired) electrons. The van der Waals surface area contributed by atoms with E-state index in [9.17, 15) is 15.0 Å². The molecule has 0 aliphatic carbocycles. The van der Waals surface area contributed by atoms with Gasteiger partial charge in [-0.3, -0.25) is 4.79 Å². The average molecular weight is 568 g/mol. The summed E-state index contributed by atoms with van der Waals surface area (Å²) >= 11 is 2.10. The molecule has 1 unspecified atom stereocenters. The number of hydrogen-bond donors (Lipinski definition) is 2. The molecule has 2 N–H and O–H groups in total. The third-order valence-electron chi connectivity index (χ3n) is 5.26. The van der Waals surface area contributed by atoms with Crippen molar-refractivity contribution in [3.8, 4) is 11.4 Å². The molecule has 0 amide bonds. The summed E-state index contributed by atoms with van der Waals surface area (Å²) < 4.78 is 17.3. The summed E-state index contributed by atoms with van der Waals surface area (Å²) in [5.74, 6) is -0.397. The highest BCUT2D eigenvalue weighted by atomic mass is 127. The quantitative estimate of drug-likeness (QED) is 0.228. The Morgan fingerprint density at radius 1 is 1.18 bits per heavy atom. The molecular weight excluding hydrogens is 539 g/mol. The summed E-state index contributed by atoms with van der Waals surface area (Å²) in [6, 6.07) is 11.5. The lowest BCUT2D eigenvalue weighted by Gasteiger charge is -2.22. The number of aliphatic hydroxyl groups excluding tert-OH is 1. The largest absolute Gasteiger partial charge is 0.481 e. The minimum Gasteiger partial charge on any atom is -0.481 e. The van der Waals surface area contributed by atoms with Crippen LogP contribution in [0.1, 0.15) is 69.1 Å². The summed E-state index contributed by atoms with van der Waals surface area (Å²) in [7, 11) is 0. The topological polar surface area (TPSA) is 119 Å². The Balaban J connectivity index is 1.66. The van der Waals surface area contributed by atoms with Crippen LogP contribution in [0.3, 0.4) is 0 Å². The van der Waals surface area contributed by atoms with Gasteiger partial charge in [-0.1, -0.05) is 61.4 Å². The van der Waals surface area contributed by atoms with Crippen LogP contribution in [0, 0.1) is 8.99 Å². The van der Waals surface area contributed by atoms with Gasteiger partial charge >= 0.3 is 5.97 Å². The zero-order valence-electron chi connectivity index (χ0n) is 19.0. The predicted molar refractivity (Wildman–Crippen MR) is 129 cm³/mol. The number of carbonyl (C=O) groups is 1. The van der Waals surface area contributed by atoms with Crippen LogP contribution in [0.4, 0.5) is 0 Å². The molecule has 33 heavy (non-hydrogen) atoms. The molecule has 0 saturated heterocycles. The van der Waals surface area contributed by atoms with Crippen molar-refractivity contribution < 1.29 is 28.8 Å². The number of benzene rings is 1. The number of carboxylic acid groups (broad SMARTS) is 1. The highest BCUT2D eigenvalue weighted by molar-refractivity contribution is 14.1. The van der Waals surface area contributed by atoms with Gasteiger partial charge in [-0.05, 0) is 46.4 Å². The van der Waals surface area contributed by atoms with Gasteiger partial charge in [0.2, 0.25) is 0 Å². The minimum absolute atomic E-state index is 0.0733. The van der Waals surface area contributed by atoms with Crippen LogP contribution in [0.2, 0.25) is 0 Å². The van der Waals surface area contributed by atoms with Crippen molar-refractivity contribution in [2.24, 2.45) is 5.41 Å². The molecule has 3 rings (SSSR count). The van der Waals surface area contributed by atoms with E-state index in [4.69, 9.17) is 13.8 Å².